The van der Waals surface area contributed by atoms with Crippen molar-refractivity contribution in [2.75, 3.05) is 18.4 Å². The molecular formula is C29H27N7O. The number of piperidine rings is 1. The first kappa shape index (κ1) is 24.1. The number of pyridine rings is 1. The van der Waals surface area contributed by atoms with Gasteiger partial charge in [-0.25, -0.2) is 9.97 Å². The maximum absolute atomic E-state index is 11.8. The van der Waals surface area contributed by atoms with Crippen molar-refractivity contribution in [2.24, 2.45) is 5.73 Å². The van der Waals surface area contributed by atoms with Gasteiger partial charge in [0.25, 0.3) is 0 Å². The van der Waals surface area contributed by atoms with Crippen LogP contribution in [0.1, 0.15) is 34.6 Å². The van der Waals surface area contributed by atoms with E-state index < -0.39 is 5.91 Å². The average Bonchev–Trinajstić information content (AvgIpc) is 2.95. The minimum Gasteiger partial charge on any atom is -0.367 e. The van der Waals surface area contributed by atoms with Crippen LogP contribution in [-0.4, -0.2) is 44.9 Å². The fourth-order valence-electron chi connectivity index (χ4n) is 4.63. The first-order valence-electron chi connectivity index (χ1n) is 12.3. The minimum atomic E-state index is -0.493. The van der Waals surface area contributed by atoms with Crippen molar-refractivity contribution in [3.05, 3.63) is 96.1 Å². The zero-order valence-electron chi connectivity index (χ0n) is 20.3. The molecule has 3 N–H and O–H groups in total. The number of aromatic nitrogens is 3. The summed E-state index contributed by atoms with van der Waals surface area (Å²) < 4.78 is 0. The molecule has 1 fully saturated rings. The molecule has 2 aromatic carbocycles. The van der Waals surface area contributed by atoms with Crippen LogP contribution in [0, 0.1) is 11.3 Å². The second-order valence-electron chi connectivity index (χ2n) is 9.12. The standard InChI is InChI=1S/C29H27N7O/c30-17-27-32-13-10-26(35-27)34-24-11-14-36(15-12-24)19-20-6-8-21(9-7-20)25-16-23(29(31)37)18-33-28(25)22-4-2-1-3-5-22/h1-10,13,16,18,24H,11-12,14-15,19H2,(H2,31,37)(H,32,34,35). The van der Waals surface area contributed by atoms with Crippen LogP contribution in [0.2, 0.25) is 0 Å². The molecule has 0 bridgehead atoms. The lowest BCUT2D eigenvalue weighted by atomic mass is 9.96. The highest BCUT2D eigenvalue weighted by molar-refractivity contribution is 5.95. The van der Waals surface area contributed by atoms with Gasteiger partial charge in [0.1, 0.15) is 11.9 Å². The number of nitrogens with two attached hydrogens (primary N) is 1. The molecule has 8 heteroatoms. The number of rotatable bonds is 7. The van der Waals surface area contributed by atoms with E-state index in [0.717, 1.165) is 54.9 Å². The zero-order valence-corrected chi connectivity index (χ0v) is 20.3. The number of carbonyl (C=O) groups excluding carboxylic acids is 1. The van der Waals surface area contributed by atoms with Gasteiger partial charge in [-0.15, -0.1) is 0 Å². The molecule has 1 amide bonds. The number of likely N-dealkylation sites (tertiary alicyclic amines) is 1. The van der Waals surface area contributed by atoms with E-state index in [-0.39, 0.29) is 5.82 Å². The van der Waals surface area contributed by atoms with Crippen LogP contribution in [0.15, 0.2) is 79.1 Å². The lowest BCUT2D eigenvalue weighted by molar-refractivity contribution is 0.1000. The molecule has 4 aromatic rings. The van der Waals surface area contributed by atoms with Crippen LogP contribution < -0.4 is 11.1 Å². The number of hydrogen-bond donors (Lipinski definition) is 2. The summed E-state index contributed by atoms with van der Waals surface area (Å²) in [6, 6.07) is 24.3. The fourth-order valence-corrected chi connectivity index (χ4v) is 4.63. The zero-order chi connectivity index (χ0) is 25.6. The minimum absolute atomic E-state index is 0.180. The lowest BCUT2D eigenvalue weighted by Gasteiger charge is -2.32. The Hall–Kier alpha value is -4.61. The Morgan fingerprint density at radius 2 is 1.78 bits per heavy atom. The number of nitrogens with zero attached hydrogens (tertiary/aromatic N) is 5. The van der Waals surface area contributed by atoms with Gasteiger partial charge in [-0.1, -0.05) is 54.6 Å². The van der Waals surface area contributed by atoms with E-state index in [4.69, 9.17) is 11.0 Å². The van der Waals surface area contributed by atoms with Gasteiger partial charge < -0.3 is 11.1 Å². The van der Waals surface area contributed by atoms with Crippen molar-refractivity contribution in [3.8, 4) is 28.5 Å². The Kier molecular flexibility index (Phi) is 7.15. The largest absolute Gasteiger partial charge is 0.367 e. The smallest absolute Gasteiger partial charge is 0.250 e. The van der Waals surface area contributed by atoms with Gasteiger partial charge in [-0.05, 0) is 36.1 Å². The van der Waals surface area contributed by atoms with Crippen LogP contribution in [0.5, 0.6) is 0 Å². The van der Waals surface area contributed by atoms with Gasteiger partial charge in [0.15, 0.2) is 0 Å². The molecule has 0 unspecified atom stereocenters. The molecule has 1 aliphatic heterocycles. The number of nitriles is 1. The molecule has 8 nitrogen and oxygen atoms in total. The van der Waals surface area contributed by atoms with E-state index in [1.54, 1.807) is 12.3 Å². The van der Waals surface area contributed by atoms with Crippen LogP contribution >= 0.6 is 0 Å². The Morgan fingerprint density at radius 1 is 1.03 bits per heavy atom. The summed E-state index contributed by atoms with van der Waals surface area (Å²) in [5, 5.41) is 12.4. The third-order valence-corrected chi connectivity index (χ3v) is 6.59. The molecule has 0 saturated carbocycles. The molecule has 0 aliphatic carbocycles. The summed E-state index contributed by atoms with van der Waals surface area (Å²) in [6.45, 7) is 2.81. The molecule has 37 heavy (non-hydrogen) atoms. The number of benzene rings is 2. The Bertz CT molecular complexity index is 1420. The van der Waals surface area contributed by atoms with Crippen LogP contribution in [0.3, 0.4) is 0 Å². The van der Waals surface area contributed by atoms with E-state index in [9.17, 15) is 4.79 Å². The monoisotopic (exact) mass is 489 g/mol. The van der Waals surface area contributed by atoms with E-state index in [1.165, 1.54) is 11.8 Å². The highest BCUT2D eigenvalue weighted by Gasteiger charge is 2.20. The van der Waals surface area contributed by atoms with Crippen molar-refractivity contribution in [1.82, 2.24) is 19.9 Å². The van der Waals surface area contributed by atoms with Crippen molar-refractivity contribution < 1.29 is 4.79 Å². The second-order valence-corrected chi connectivity index (χ2v) is 9.12. The first-order chi connectivity index (χ1) is 18.1. The predicted octanol–water partition coefficient (Wildman–Crippen LogP) is 4.25. The third-order valence-electron chi connectivity index (χ3n) is 6.59. The van der Waals surface area contributed by atoms with E-state index in [0.29, 0.717) is 17.4 Å². The molecule has 0 atom stereocenters. The van der Waals surface area contributed by atoms with Gasteiger partial charge in [0.05, 0.1) is 11.3 Å². The normalized spacial score (nSPS) is 14.1. The van der Waals surface area contributed by atoms with Crippen molar-refractivity contribution in [3.63, 3.8) is 0 Å². The van der Waals surface area contributed by atoms with Crippen molar-refractivity contribution in [1.29, 1.82) is 5.26 Å². The summed E-state index contributed by atoms with van der Waals surface area (Å²) in [5.41, 5.74) is 10.8. The van der Waals surface area contributed by atoms with Crippen LogP contribution in [0.25, 0.3) is 22.4 Å². The van der Waals surface area contributed by atoms with Gasteiger partial charge in [0.2, 0.25) is 11.7 Å². The number of primary amides is 1. The summed E-state index contributed by atoms with van der Waals surface area (Å²) in [5.74, 6) is 0.386. The van der Waals surface area contributed by atoms with E-state index in [1.807, 2.05) is 42.5 Å². The summed E-state index contributed by atoms with van der Waals surface area (Å²) >= 11 is 0. The molecule has 0 radical (unpaired) electrons. The van der Waals surface area contributed by atoms with E-state index >= 15 is 0 Å². The fraction of sp³-hybridized carbons (Fsp3) is 0.207. The van der Waals surface area contributed by atoms with Crippen molar-refractivity contribution in [2.45, 2.75) is 25.4 Å². The van der Waals surface area contributed by atoms with Crippen LogP contribution in [-0.2, 0) is 6.54 Å². The Balaban J connectivity index is 1.25. The summed E-state index contributed by atoms with van der Waals surface area (Å²) in [4.78, 5) is 27.0. The number of anilines is 1. The molecule has 3 heterocycles. The summed E-state index contributed by atoms with van der Waals surface area (Å²) in [6.07, 6.45) is 5.13. The quantitative estimate of drug-likeness (QED) is 0.398. The molecule has 5 rings (SSSR count). The maximum atomic E-state index is 11.8. The van der Waals surface area contributed by atoms with Gasteiger partial charge in [-0.3, -0.25) is 14.7 Å². The van der Waals surface area contributed by atoms with Gasteiger partial charge >= 0.3 is 0 Å². The number of hydrogen-bond acceptors (Lipinski definition) is 7. The second kappa shape index (κ2) is 11.0. The lowest BCUT2D eigenvalue weighted by Crippen LogP contribution is -2.38. The molecule has 184 valence electrons. The highest BCUT2D eigenvalue weighted by atomic mass is 16.1. The topological polar surface area (TPSA) is 121 Å². The van der Waals surface area contributed by atoms with Crippen LogP contribution in [0.4, 0.5) is 5.82 Å². The number of amides is 1. The molecule has 0 spiro atoms. The Morgan fingerprint density at radius 3 is 2.49 bits per heavy atom. The van der Waals surface area contributed by atoms with Gasteiger partial charge in [-0.2, -0.15) is 5.26 Å². The SMILES string of the molecule is N#Cc1nccc(NC2CCN(Cc3ccc(-c4cc(C(N)=O)cnc4-c4ccccc4)cc3)CC2)n1. The molecule has 2 aromatic heterocycles. The van der Waals surface area contributed by atoms with Gasteiger partial charge in [0, 0.05) is 49.2 Å². The highest BCUT2D eigenvalue weighted by Crippen LogP contribution is 2.31. The molecule has 1 aliphatic rings. The molecular weight excluding hydrogens is 462 g/mol. The third kappa shape index (κ3) is 5.80. The molecule has 1 saturated heterocycles. The number of carbonyl (C=O) groups is 1. The first-order valence-corrected chi connectivity index (χ1v) is 12.3. The predicted molar refractivity (Wildman–Crippen MR) is 142 cm³/mol. The Labute approximate surface area is 215 Å². The average molecular weight is 490 g/mol. The van der Waals surface area contributed by atoms with Crippen molar-refractivity contribution >= 4 is 11.7 Å². The maximum Gasteiger partial charge on any atom is 0.250 e. The van der Waals surface area contributed by atoms with E-state index in [2.05, 4.69) is 49.4 Å². The number of nitrogens with one attached hydrogen (secondary N) is 1. The summed E-state index contributed by atoms with van der Waals surface area (Å²) in [7, 11) is 0.